The van der Waals surface area contributed by atoms with Gasteiger partial charge >= 0.3 is 0 Å². The number of hydrogen-bond donors (Lipinski definition) is 1. The summed E-state index contributed by atoms with van der Waals surface area (Å²) in [6.45, 7) is 4.37. The van der Waals surface area contributed by atoms with Crippen molar-refractivity contribution in [2.75, 3.05) is 24.3 Å². The predicted octanol–water partition coefficient (Wildman–Crippen LogP) is 5.08. The van der Waals surface area contributed by atoms with Crippen LogP contribution >= 0.6 is 11.8 Å². The minimum absolute atomic E-state index is 0.0899. The van der Waals surface area contributed by atoms with Gasteiger partial charge in [0.05, 0.1) is 23.6 Å². The molecule has 2 aromatic carbocycles. The molecule has 33 heavy (non-hydrogen) atoms. The quantitative estimate of drug-likeness (QED) is 0.369. The van der Waals surface area contributed by atoms with Gasteiger partial charge in [-0.1, -0.05) is 42.1 Å². The van der Waals surface area contributed by atoms with Crippen molar-refractivity contribution in [2.24, 2.45) is 0 Å². The smallest absolute Gasteiger partial charge is 0.237 e. The van der Waals surface area contributed by atoms with Gasteiger partial charge in [-0.15, -0.1) is 10.2 Å². The molecule has 4 aromatic rings. The van der Waals surface area contributed by atoms with Crippen LogP contribution in [-0.4, -0.2) is 40.0 Å². The number of benzene rings is 2. The van der Waals surface area contributed by atoms with Crippen molar-refractivity contribution in [3.8, 4) is 11.4 Å². The van der Waals surface area contributed by atoms with Crippen LogP contribution in [0.1, 0.15) is 18.2 Å². The van der Waals surface area contributed by atoms with Crippen molar-refractivity contribution < 1.29 is 9.21 Å². The summed E-state index contributed by atoms with van der Waals surface area (Å²) in [7, 11) is 3.97. The molecule has 0 aliphatic rings. The second-order valence-corrected chi connectivity index (χ2v) is 9.27. The van der Waals surface area contributed by atoms with Crippen molar-refractivity contribution in [3.05, 3.63) is 78.3 Å². The fourth-order valence-electron chi connectivity index (χ4n) is 3.40. The first-order chi connectivity index (χ1) is 15.9. The van der Waals surface area contributed by atoms with Gasteiger partial charge in [0.1, 0.15) is 5.76 Å². The molecule has 2 heterocycles. The Morgan fingerprint density at radius 2 is 1.82 bits per heavy atom. The highest BCUT2D eigenvalue weighted by Crippen LogP contribution is 2.30. The fraction of sp³-hybridized carbons (Fsp3) is 0.240. The van der Waals surface area contributed by atoms with Gasteiger partial charge < -0.3 is 14.6 Å². The molecule has 4 rings (SSSR count). The number of nitrogens with one attached hydrogen (secondary N) is 1. The summed E-state index contributed by atoms with van der Waals surface area (Å²) in [6.07, 6.45) is 1.65. The number of nitrogens with zero attached hydrogens (tertiary/aromatic N) is 4. The normalized spacial score (nSPS) is 11.9. The van der Waals surface area contributed by atoms with Crippen LogP contribution in [0.2, 0.25) is 0 Å². The molecule has 1 amide bonds. The number of rotatable bonds is 8. The summed E-state index contributed by atoms with van der Waals surface area (Å²) in [5, 5.41) is 12.2. The lowest BCUT2D eigenvalue weighted by Crippen LogP contribution is -2.23. The number of hydrogen-bond acceptors (Lipinski definition) is 6. The van der Waals surface area contributed by atoms with Crippen LogP contribution in [0.5, 0.6) is 0 Å². The molecule has 0 bridgehead atoms. The first kappa shape index (κ1) is 22.7. The molecule has 8 heteroatoms. The van der Waals surface area contributed by atoms with E-state index in [2.05, 4.69) is 27.6 Å². The second-order valence-electron chi connectivity index (χ2n) is 7.96. The summed E-state index contributed by atoms with van der Waals surface area (Å²) in [5.74, 6) is 1.41. The van der Waals surface area contributed by atoms with Crippen molar-refractivity contribution in [2.45, 2.75) is 30.8 Å². The maximum absolute atomic E-state index is 12.9. The molecule has 0 radical (unpaired) electrons. The van der Waals surface area contributed by atoms with Gasteiger partial charge in [0, 0.05) is 25.5 Å². The third-order valence-corrected chi connectivity index (χ3v) is 6.38. The molecule has 0 saturated heterocycles. The molecule has 0 fully saturated rings. The Balaban J connectivity index is 1.54. The summed E-state index contributed by atoms with van der Waals surface area (Å²) in [4.78, 5) is 14.9. The first-order valence-corrected chi connectivity index (χ1v) is 11.6. The summed E-state index contributed by atoms with van der Waals surface area (Å²) < 4.78 is 7.52. The number of furan rings is 1. The van der Waals surface area contributed by atoms with E-state index in [4.69, 9.17) is 4.42 Å². The monoisotopic (exact) mass is 461 g/mol. The molecule has 2 aromatic heterocycles. The minimum Gasteiger partial charge on any atom is -0.469 e. The minimum atomic E-state index is -0.365. The van der Waals surface area contributed by atoms with Gasteiger partial charge in [0.15, 0.2) is 11.0 Å². The largest absolute Gasteiger partial charge is 0.469 e. The number of thioether (sulfide) groups is 1. The van der Waals surface area contributed by atoms with Crippen molar-refractivity contribution >= 4 is 29.0 Å². The Bertz CT molecular complexity index is 1220. The highest BCUT2D eigenvalue weighted by Gasteiger charge is 2.22. The number of amides is 1. The van der Waals surface area contributed by atoms with E-state index < -0.39 is 0 Å². The topological polar surface area (TPSA) is 76.2 Å². The molecule has 1 N–H and O–H groups in total. The molecular weight excluding hydrogens is 434 g/mol. The standard InChI is InChI=1S/C25H27N5O2S/c1-17-22(14-15-32-17)23-27-28-25(30(23)16-19-8-6-5-7-9-19)33-18(2)24(31)26-20-10-12-21(13-11-20)29(3)4/h5-15,18H,16H2,1-4H3,(H,26,31). The van der Waals surface area contributed by atoms with Crippen LogP contribution < -0.4 is 10.2 Å². The first-order valence-electron chi connectivity index (χ1n) is 10.7. The Morgan fingerprint density at radius 3 is 2.45 bits per heavy atom. The lowest BCUT2D eigenvalue weighted by molar-refractivity contribution is -0.115. The molecule has 0 aliphatic carbocycles. The maximum Gasteiger partial charge on any atom is 0.237 e. The Hall–Kier alpha value is -3.52. The second kappa shape index (κ2) is 9.95. The van der Waals surface area contributed by atoms with Gasteiger partial charge in [-0.05, 0) is 49.7 Å². The van der Waals surface area contributed by atoms with Crippen molar-refractivity contribution in [1.82, 2.24) is 14.8 Å². The van der Waals surface area contributed by atoms with Crippen LogP contribution in [0.15, 0.2) is 76.5 Å². The van der Waals surface area contributed by atoms with Gasteiger partial charge in [0.25, 0.3) is 0 Å². The zero-order chi connectivity index (χ0) is 23.4. The number of carbonyl (C=O) groups excluding carboxylic acids is 1. The van der Waals surface area contributed by atoms with Crippen molar-refractivity contribution in [3.63, 3.8) is 0 Å². The average molecular weight is 462 g/mol. The lowest BCUT2D eigenvalue weighted by Gasteiger charge is -2.15. The van der Waals surface area contributed by atoms with Gasteiger partial charge in [-0.2, -0.15) is 0 Å². The average Bonchev–Trinajstić information content (AvgIpc) is 3.40. The number of aryl methyl sites for hydroxylation is 1. The predicted molar refractivity (Wildman–Crippen MR) is 133 cm³/mol. The van der Waals surface area contributed by atoms with Crippen molar-refractivity contribution in [1.29, 1.82) is 0 Å². The van der Waals surface area contributed by atoms with E-state index in [1.54, 1.807) is 6.26 Å². The molecule has 7 nitrogen and oxygen atoms in total. The lowest BCUT2D eigenvalue weighted by atomic mass is 10.2. The van der Waals surface area contributed by atoms with E-state index in [1.807, 2.05) is 85.9 Å². The number of anilines is 2. The Morgan fingerprint density at radius 1 is 1.09 bits per heavy atom. The van der Waals surface area contributed by atoms with E-state index in [9.17, 15) is 4.79 Å². The number of aromatic nitrogens is 3. The third-order valence-electron chi connectivity index (χ3n) is 5.30. The van der Waals surface area contributed by atoms with E-state index in [0.717, 1.165) is 34.1 Å². The van der Waals surface area contributed by atoms with Crippen LogP contribution in [0.25, 0.3) is 11.4 Å². The van der Waals surface area contributed by atoms with Gasteiger partial charge in [-0.3, -0.25) is 9.36 Å². The number of carbonyl (C=O) groups is 1. The molecular formula is C25H27N5O2S. The van der Waals surface area contributed by atoms with Gasteiger partial charge in [-0.25, -0.2) is 0 Å². The van der Waals surface area contributed by atoms with Crippen LogP contribution in [0.3, 0.4) is 0 Å². The van der Waals surface area contributed by atoms with E-state index in [0.29, 0.717) is 11.7 Å². The highest BCUT2D eigenvalue weighted by atomic mass is 32.2. The maximum atomic E-state index is 12.9. The fourth-order valence-corrected chi connectivity index (χ4v) is 4.25. The zero-order valence-electron chi connectivity index (χ0n) is 19.1. The summed E-state index contributed by atoms with van der Waals surface area (Å²) in [6, 6.07) is 19.8. The van der Waals surface area contributed by atoms with E-state index in [-0.39, 0.29) is 11.2 Å². The third kappa shape index (κ3) is 5.28. The highest BCUT2D eigenvalue weighted by molar-refractivity contribution is 8.00. The van der Waals surface area contributed by atoms with Crippen LogP contribution in [-0.2, 0) is 11.3 Å². The summed E-state index contributed by atoms with van der Waals surface area (Å²) in [5.41, 5.74) is 3.85. The van der Waals surface area contributed by atoms with E-state index >= 15 is 0 Å². The molecule has 0 spiro atoms. The Labute approximate surface area is 197 Å². The molecule has 0 saturated carbocycles. The van der Waals surface area contributed by atoms with E-state index in [1.165, 1.54) is 11.8 Å². The summed E-state index contributed by atoms with van der Waals surface area (Å²) >= 11 is 1.39. The van der Waals surface area contributed by atoms with Gasteiger partial charge in [0.2, 0.25) is 5.91 Å². The Kier molecular flexibility index (Phi) is 6.84. The molecule has 170 valence electrons. The zero-order valence-corrected chi connectivity index (χ0v) is 20.0. The van der Waals surface area contributed by atoms with Crippen LogP contribution in [0.4, 0.5) is 11.4 Å². The molecule has 0 aliphatic heterocycles. The molecule has 1 atom stereocenters. The SMILES string of the molecule is Cc1occc1-c1nnc(SC(C)C(=O)Nc2ccc(N(C)C)cc2)n1Cc1ccccc1. The molecule has 1 unspecified atom stereocenters. The van der Waals surface area contributed by atoms with Crippen LogP contribution in [0, 0.1) is 6.92 Å².